The number of rotatable bonds is 10. The van der Waals surface area contributed by atoms with Gasteiger partial charge >= 0.3 is 0 Å². The van der Waals surface area contributed by atoms with E-state index in [1.165, 1.54) is 16.4 Å². The van der Waals surface area contributed by atoms with Gasteiger partial charge in [-0.2, -0.15) is 4.31 Å². The quantitative estimate of drug-likeness (QED) is 0.625. The molecule has 0 aliphatic rings. The van der Waals surface area contributed by atoms with Crippen molar-refractivity contribution in [1.82, 2.24) is 14.5 Å². The summed E-state index contributed by atoms with van der Waals surface area (Å²) in [6.45, 7) is 9.98. The van der Waals surface area contributed by atoms with Crippen LogP contribution in [-0.4, -0.2) is 56.3 Å². The number of nitrogens with one attached hydrogen (secondary N) is 1. The third-order valence-corrected chi connectivity index (χ3v) is 7.42. The van der Waals surface area contributed by atoms with E-state index in [2.05, 4.69) is 36.2 Å². The number of carbonyl (C=O) groups is 1. The first-order valence-corrected chi connectivity index (χ1v) is 11.8. The van der Waals surface area contributed by atoms with Crippen LogP contribution >= 0.6 is 0 Å². The number of hydrogen-bond acceptors (Lipinski definition) is 4. The van der Waals surface area contributed by atoms with Crippen LogP contribution in [-0.2, 0) is 10.0 Å². The molecule has 2 rings (SSSR count). The first kappa shape index (κ1) is 24.1. The molecule has 1 N–H and O–H groups in total. The van der Waals surface area contributed by atoms with E-state index in [0.717, 1.165) is 18.7 Å². The van der Waals surface area contributed by atoms with Crippen LogP contribution in [0.15, 0.2) is 59.5 Å². The summed E-state index contributed by atoms with van der Waals surface area (Å²) >= 11 is 0. The zero-order valence-electron chi connectivity index (χ0n) is 18.5. The molecule has 0 saturated heterocycles. The van der Waals surface area contributed by atoms with Crippen LogP contribution in [0.3, 0.4) is 0 Å². The zero-order chi connectivity index (χ0) is 22.3. The van der Waals surface area contributed by atoms with Gasteiger partial charge in [0.15, 0.2) is 0 Å². The third-order valence-electron chi connectivity index (χ3n) is 5.39. The monoisotopic (exact) mass is 431 g/mol. The molecule has 0 aliphatic heterocycles. The molecule has 6 nitrogen and oxygen atoms in total. The Labute approximate surface area is 180 Å². The largest absolute Gasteiger partial charge is 0.350 e. The average Bonchev–Trinajstić information content (AvgIpc) is 2.76. The molecule has 2 aromatic carbocycles. The molecule has 0 aliphatic carbocycles. The predicted molar refractivity (Wildman–Crippen MR) is 121 cm³/mol. The van der Waals surface area contributed by atoms with Gasteiger partial charge in [-0.1, -0.05) is 50.2 Å². The Kier molecular flexibility index (Phi) is 8.58. The minimum atomic E-state index is -3.64. The fourth-order valence-electron chi connectivity index (χ4n) is 3.33. The van der Waals surface area contributed by atoms with Gasteiger partial charge in [-0.05, 0) is 50.7 Å². The molecule has 164 valence electrons. The zero-order valence-corrected chi connectivity index (χ0v) is 19.3. The molecule has 2 aromatic rings. The lowest BCUT2D eigenvalue weighted by atomic mass is 10.0. The number of likely N-dealkylation sites (N-methyl/N-ethyl adjacent to an activating group) is 1. The highest BCUT2D eigenvalue weighted by molar-refractivity contribution is 7.89. The maximum absolute atomic E-state index is 12.8. The molecule has 1 unspecified atom stereocenters. The summed E-state index contributed by atoms with van der Waals surface area (Å²) in [6, 6.07) is 16.2. The summed E-state index contributed by atoms with van der Waals surface area (Å²) in [5.41, 5.74) is 1.47. The highest BCUT2D eigenvalue weighted by Crippen LogP contribution is 2.21. The van der Waals surface area contributed by atoms with Gasteiger partial charge in [0.05, 0.1) is 10.9 Å². The van der Waals surface area contributed by atoms with E-state index in [9.17, 15) is 13.2 Å². The standard InChI is InChI=1S/C23H33N3O3S/c1-6-26(7-2)22(19-12-9-8-10-13-19)17-24-23(27)20-14-11-15-21(16-20)30(28,29)25(5)18(3)4/h8-16,18,22H,6-7,17H2,1-5H3,(H,24,27). The molecule has 30 heavy (non-hydrogen) atoms. The van der Waals surface area contributed by atoms with Crippen molar-refractivity contribution < 1.29 is 13.2 Å². The maximum atomic E-state index is 12.8. The van der Waals surface area contributed by atoms with Gasteiger partial charge in [0.2, 0.25) is 10.0 Å². The number of sulfonamides is 1. The minimum absolute atomic E-state index is 0.0455. The molecular formula is C23H33N3O3S. The fraction of sp³-hybridized carbons (Fsp3) is 0.435. The van der Waals surface area contributed by atoms with Crippen molar-refractivity contribution in [3.63, 3.8) is 0 Å². The van der Waals surface area contributed by atoms with E-state index >= 15 is 0 Å². The van der Waals surface area contributed by atoms with Crippen molar-refractivity contribution in [1.29, 1.82) is 0 Å². The second-order valence-corrected chi connectivity index (χ2v) is 9.50. The molecule has 0 bridgehead atoms. The summed E-state index contributed by atoms with van der Waals surface area (Å²) in [5, 5.41) is 2.99. The van der Waals surface area contributed by atoms with Gasteiger partial charge in [0, 0.05) is 25.2 Å². The van der Waals surface area contributed by atoms with Gasteiger partial charge in [-0.15, -0.1) is 0 Å². The molecule has 0 saturated carbocycles. The summed E-state index contributed by atoms with van der Waals surface area (Å²) in [6.07, 6.45) is 0. The number of hydrogen-bond donors (Lipinski definition) is 1. The highest BCUT2D eigenvalue weighted by Gasteiger charge is 2.24. The van der Waals surface area contributed by atoms with Crippen LogP contribution in [0.2, 0.25) is 0 Å². The summed E-state index contributed by atoms with van der Waals surface area (Å²) in [5.74, 6) is -0.285. The Hall–Kier alpha value is -2.22. The second kappa shape index (κ2) is 10.7. The van der Waals surface area contributed by atoms with Crippen LogP contribution < -0.4 is 5.32 Å². The first-order chi connectivity index (χ1) is 14.2. The number of benzene rings is 2. The topological polar surface area (TPSA) is 69.7 Å². The van der Waals surface area contributed by atoms with E-state index < -0.39 is 10.0 Å². The van der Waals surface area contributed by atoms with E-state index in [-0.39, 0.29) is 22.9 Å². The average molecular weight is 432 g/mol. The van der Waals surface area contributed by atoms with Crippen molar-refractivity contribution in [2.24, 2.45) is 0 Å². The van der Waals surface area contributed by atoms with Gasteiger partial charge in [-0.3, -0.25) is 9.69 Å². The van der Waals surface area contributed by atoms with Crippen LogP contribution in [0.5, 0.6) is 0 Å². The van der Waals surface area contributed by atoms with Gasteiger partial charge in [0.25, 0.3) is 5.91 Å². The van der Waals surface area contributed by atoms with Crippen molar-refractivity contribution in [2.75, 3.05) is 26.7 Å². The van der Waals surface area contributed by atoms with E-state index in [4.69, 9.17) is 0 Å². The van der Waals surface area contributed by atoms with Crippen LogP contribution in [0.25, 0.3) is 0 Å². The molecule has 7 heteroatoms. The van der Waals surface area contributed by atoms with Crippen molar-refractivity contribution in [3.8, 4) is 0 Å². The predicted octanol–water partition coefficient (Wildman–Crippen LogP) is 3.53. The Morgan fingerprint density at radius 2 is 1.63 bits per heavy atom. The summed E-state index contributed by atoms with van der Waals surface area (Å²) in [7, 11) is -2.10. The van der Waals surface area contributed by atoms with Crippen molar-refractivity contribution >= 4 is 15.9 Å². The Bertz CT molecular complexity index is 926. The maximum Gasteiger partial charge on any atom is 0.251 e. The third kappa shape index (κ3) is 5.68. The van der Waals surface area contributed by atoms with Crippen molar-refractivity contribution in [2.45, 2.75) is 44.7 Å². The first-order valence-electron chi connectivity index (χ1n) is 10.4. The molecular weight excluding hydrogens is 398 g/mol. The Balaban J connectivity index is 2.21. The molecule has 0 fully saturated rings. The number of nitrogens with zero attached hydrogens (tertiary/aromatic N) is 2. The van der Waals surface area contributed by atoms with Crippen molar-refractivity contribution in [3.05, 3.63) is 65.7 Å². The lowest BCUT2D eigenvalue weighted by Crippen LogP contribution is -2.38. The van der Waals surface area contributed by atoms with Gasteiger partial charge in [0.1, 0.15) is 0 Å². The highest BCUT2D eigenvalue weighted by atomic mass is 32.2. The lowest BCUT2D eigenvalue weighted by Gasteiger charge is -2.30. The van der Waals surface area contributed by atoms with Crippen LogP contribution in [0.1, 0.15) is 49.7 Å². The van der Waals surface area contributed by atoms with Crippen LogP contribution in [0, 0.1) is 0 Å². The molecule has 0 radical (unpaired) electrons. The molecule has 1 amide bonds. The smallest absolute Gasteiger partial charge is 0.251 e. The minimum Gasteiger partial charge on any atom is -0.350 e. The lowest BCUT2D eigenvalue weighted by molar-refractivity contribution is 0.0934. The molecule has 0 spiro atoms. The normalized spacial score (nSPS) is 13.1. The van der Waals surface area contributed by atoms with Gasteiger partial charge in [-0.25, -0.2) is 8.42 Å². The second-order valence-electron chi connectivity index (χ2n) is 7.50. The summed E-state index contributed by atoms with van der Waals surface area (Å²) in [4.78, 5) is 15.2. The fourth-order valence-corrected chi connectivity index (χ4v) is 4.74. The SMILES string of the molecule is CCN(CC)C(CNC(=O)c1cccc(S(=O)(=O)N(C)C(C)C)c1)c1ccccc1. The van der Waals surface area contributed by atoms with E-state index in [1.54, 1.807) is 19.2 Å². The Morgan fingerprint density at radius 3 is 2.20 bits per heavy atom. The van der Waals surface area contributed by atoms with E-state index in [1.807, 2.05) is 32.0 Å². The number of amides is 1. The molecule has 0 aromatic heterocycles. The van der Waals surface area contributed by atoms with Gasteiger partial charge < -0.3 is 5.32 Å². The van der Waals surface area contributed by atoms with Crippen LogP contribution in [0.4, 0.5) is 0 Å². The number of carbonyl (C=O) groups excluding carboxylic acids is 1. The summed E-state index contributed by atoms with van der Waals surface area (Å²) < 4.78 is 26.8. The Morgan fingerprint density at radius 1 is 1.00 bits per heavy atom. The molecule has 0 heterocycles. The van der Waals surface area contributed by atoms with E-state index in [0.29, 0.717) is 12.1 Å². The molecule has 1 atom stereocenters.